The van der Waals surface area contributed by atoms with Crippen molar-refractivity contribution in [3.8, 4) is 6.07 Å². The lowest BCUT2D eigenvalue weighted by atomic mass is 9.51. The summed E-state index contributed by atoms with van der Waals surface area (Å²) in [6, 6.07) is 10.5. The first-order chi connectivity index (χ1) is 15.6. The van der Waals surface area contributed by atoms with Gasteiger partial charge in [-0.05, 0) is 86.5 Å². The van der Waals surface area contributed by atoms with E-state index in [4.69, 9.17) is 0 Å². The summed E-state index contributed by atoms with van der Waals surface area (Å²) in [5.74, 6) is 1.12. The van der Waals surface area contributed by atoms with Gasteiger partial charge in [0.2, 0.25) is 0 Å². The summed E-state index contributed by atoms with van der Waals surface area (Å²) in [4.78, 5) is 12.2. The van der Waals surface area contributed by atoms with E-state index in [9.17, 15) is 19.7 Å². The van der Waals surface area contributed by atoms with Gasteiger partial charge in [0.1, 0.15) is 7.14 Å². The second-order valence-corrected chi connectivity index (χ2v) is 14.6. The van der Waals surface area contributed by atoms with Gasteiger partial charge in [-0.25, -0.2) is 0 Å². The summed E-state index contributed by atoms with van der Waals surface area (Å²) in [6.07, 6.45) is 7.83. The van der Waals surface area contributed by atoms with Crippen molar-refractivity contribution in [2.45, 2.75) is 69.8 Å². The quantitative estimate of drug-likeness (QED) is 0.602. The third kappa shape index (κ3) is 3.51. The molecule has 1 N–H and O–H groups in total. The number of fused-ring (bicyclic) bond motifs is 4. The largest absolute Gasteiger partial charge is 0.388 e. The smallest absolute Gasteiger partial charge is 0.156 e. The summed E-state index contributed by atoms with van der Waals surface area (Å²) in [5.41, 5.74) is 4.00. The Balaban J connectivity index is 1.66. The van der Waals surface area contributed by atoms with Crippen LogP contribution in [0.5, 0.6) is 0 Å². The summed E-state index contributed by atoms with van der Waals surface area (Å²) in [5, 5.41) is 22.1. The Morgan fingerprint density at radius 2 is 1.88 bits per heavy atom. The number of carbonyl (C=O) groups is 1. The Bertz CT molecular complexity index is 1150. The Morgan fingerprint density at radius 1 is 1.15 bits per heavy atom. The first-order valence-electron chi connectivity index (χ1n) is 12.3. The van der Waals surface area contributed by atoms with Gasteiger partial charge in [0.25, 0.3) is 0 Å². The van der Waals surface area contributed by atoms with Crippen molar-refractivity contribution in [2.75, 3.05) is 13.3 Å². The molecule has 5 rings (SSSR count). The van der Waals surface area contributed by atoms with E-state index in [0.29, 0.717) is 24.7 Å². The molecule has 174 valence electrons. The van der Waals surface area contributed by atoms with Crippen LogP contribution in [0.25, 0.3) is 0 Å². The van der Waals surface area contributed by atoms with E-state index in [0.717, 1.165) is 37.4 Å². The van der Waals surface area contributed by atoms with Crippen LogP contribution < -0.4 is 5.30 Å². The van der Waals surface area contributed by atoms with Crippen molar-refractivity contribution in [3.05, 3.63) is 52.6 Å². The molecule has 0 radical (unpaired) electrons. The van der Waals surface area contributed by atoms with Crippen molar-refractivity contribution in [1.82, 2.24) is 0 Å². The number of hydrogen-bond acceptors (Lipinski definition) is 4. The van der Waals surface area contributed by atoms with Crippen LogP contribution in [-0.2, 0) is 9.36 Å². The highest BCUT2D eigenvalue weighted by molar-refractivity contribution is 7.70. The van der Waals surface area contributed by atoms with Crippen molar-refractivity contribution in [1.29, 1.82) is 5.26 Å². The number of nitrogens with zero attached hydrogens (tertiary/aromatic N) is 1. The second-order valence-electron chi connectivity index (χ2n) is 11.3. The zero-order valence-corrected chi connectivity index (χ0v) is 20.8. The topological polar surface area (TPSA) is 78.2 Å². The molecule has 33 heavy (non-hydrogen) atoms. The van der Waals surface area contributed by atoms with Gasteiger partial charge < -0.3 is 9.67 Å². The minimum Gasteiger partial charge on any atom is -0.388 e. The predicted molar refractivity (Wildman–Crippen MR) is 131 cm³/mol. The van der Waals surface area contributed by atoms with E-state index in [-0.39, 0.29) is 23.5 Å². The fraction of sp³-hybridized carbons (Fsp3) is 0.571. The zero-order chi connectivity index (χ0) is 23.6. The van der Waals surface area contributed by atoms with Crippen LogP contribution in [0.15, 0.2) is 47.1 Å². The Labute approximate surface area is 197 Å². The average Bonchev–Trinajstić information content (AvgIpc) is 3.03. The molecule has 4 nitrogen and oxygen atoms in total. The van der Waals surface area contributed by atoms with Crippen molar-refractivity contribution < 1.29 is 14.5 Å². The fourth-order valence-corrected chi connectivity index (χ4v) is 8.41. The molecule has 2 saturated carbocycles. The highest BCUT2D eigenvalue weighted by Crippen LogP contribution is 2.67. The molecule has 5 heteroatoms. The SMILES string of the molecule is C[C@]12C[C@H](c3ccc(P(C)(C)=O)cc3)C3=C4CCC(=O)C=C4CC[C@H]3[C@@H]1CC[C@@]2(O)CC#N. The van der Waals surface area contributed by atoms with E-state index in [1.165, 1.54) is 22.3 Å². The molecule has 1 aromatic rings. The lowest BCUT2D eigenvalue weighted by Crippen LogP contribution is -2.51. The molecule has 0 spiro atoms. The van der Waals surface area contributed by atoms with Crippen LogP contribution in [0.3, 0.4) is 0 Å². The fourth-order valence-electron chi connectivity index (χ4n) is 7.54. The van der Waals surface area contributed by atoms with E-state index in [1.54, 1.807) is 13.3 Å². The van der Waals surface area contributed by atoms with Gasteiger partial charge in [0, 0.05) is 23.1 Å². The van der Waals surface area contributed by atoms with Crippen LogP contribution in [0.2, 0.25) is 0 Å². The average molecular weight is 464 g/mol. The number of ketones is 1. The Hall–Kier alpha value is -1.95. The second kappa shape index (κ2) is 7.79. The van der Waals surface area contributed by atoms with Gasteiger partial charge in [0.15, 0.2) is 5.78 Å². The number of aliphatic hydroxyl groups is 1. The van der Waals surface area contributed by atoms with Gasteiger partial charge >= 0.3 is 0 Å². The Kier molecular flexibility index (Phi) is 5.39. The van der Waals surface area contributed by atoms with Crippen LogP contribution in [0.1, 0.15) is 69.8 Å². The molecule has 2 fully saturated rings. The highest BCUT2D eigenvalue weighted by atomic mass is 31.2. The minimum atomic E-state index is -2.33. The third-order valence-corrected chi connectivity index (χ3v) is 10.9. The molecule has 0 bridgehead atoms. The van der Waals surface area contributed by atoms with Crippen LogP contribution >= 0.6 is 7.14 Å². The number of rotatable bonds is 3. The summed E-state index contributed by atoms with van der Waals surface area (Å²) in [7, 11) is -2.33. The molecule has 4 aliphatic rings. The maximum Gasteiger partial charge on any atom is 0.156 e. The molecule has 0 aromatic heterocycles. The molecule has 4 aliphatic carbocycles. The molecule has 5 atom stereocenters. The maximum atomic E-state index is 12.6. The molecule has 0 unspecified atom stereocenters. The lowest BCUT2D eigenvalue weighted by molar-refractivity contribution is -0.114. The molecular formula is C28H34NO3P. The predicted octanol–water partition coefficient (Wildman–Crippen LogP) is 5.48. The molecule has 0 saturated heterocycles. The summed E-state index contributed by atoms with van der Waals surface area (Å²) in [6.45, 7) is 5.81. The molecule has 0 aliphatic heterocycles. The minimum absolute atomic E-state index is 0.147. The third-order valence-electron chi connectivity index (χ3n) is 9.35. The summed E-state index contributed by atoms with van der Waals surface area (Å²) >= 11 is 0. The van der Waals surface area contributed by atoms with E-state index >= 15 is 0 Å². The van der Waals surface area contributed by atoms with Crippen LogP contribution in [-0.4, -0.2) is 29.8 Å². The van der Waals surface area contributed by atoms with E-state index < -0.39 is 12.7 Å². The van der Waals surface area contributed by atoms with Crippen molar-refractivity contribution in [2.24, 2.45) is 17.3 Å². The van der Waals surface area contributed by atoms with Gasteiger partial charge in [-0.3, -0.25) is 4.79 Å². The van der Waals surface area contributed by atoms with E-state index in [2.05, 4.69) is 25.1 Å². The molecule has 0 heterocycles. The lowest BCUT2D eigenvalue weighted by Gasteiger charge is -2.54. The zero-order valence-electron chi connectivity index (χ0n) is 19.9. The normalized spacial score (nSPS) is 35.9. The van der Waals surface area contributed by atoms with E-state index in [1.807, 2.05) is 18.2 Å². The molecular weight excluding hydrogens is 429 g/mol. The first-order valence-corrected chi connectivity index (χ1v) is 14.9. The Morgan fingerprint density at radius 3 is 2.55 bits per heavy atom. The van der Waals surface area contributed by atoms with Gasteiger partial charge in [-0.15, -0.1) is 0 Å². The van der Waals surface area contributed by atoms with Gasteiger partial charge in [-0.1, -0.05) is 36.8 Å². The van der Waals surface area contributed by atoms with Crippen LogP contribution in [0.4, 0.5) is 0 Å². The number of nitriles is 1. The highest BCUT2D eigenvalue weighted by Gasteiger charge is 2.62. The van der Waals surface area contributed by atoms with Crippen molar-refractivity contribution >= 4 is 18.2 Å². The standard InChI is InChI=1S/C28H34NO3P/c1-27-17-24(18-4-8-21(9-5-18)33(2,3)32)26-22-11-7-20(30)16-19(22)6-10-23(26)25(27)12-13-28(27,31)14-15-29/h4-5,8-9,16,23-25,31H,6-7,10-14,17H2,1-3H3/t23-,24+,25-,27-,28+/m0/s1. The monoisotopic (exact) mass is 463 g/mol. The number of hydrogen-bond donors (Lipinski definition) is 1. The van der Waals surface area contributed by atoms with Crippen LogP contribution in [0, 0.1) is 28.6 Å². The summed E-state index contributed by atoms with van der Waals surface area (Å²) < 4.78 is 12.6. The number of carbonyl (C=O) groups excluding carboxylic acids is 1. The maximum absolute atomic E-state index is 12.6. The number of allylic oxidation sites excluding steroid dienone is 4. The van der Waals surface area contributed by atoms with Crippen molar-refractivity contribution in [3.63, 3.8) is 0 Å². The van der Waals surface area contributed by atoms with Gasteiger partial charge in [-0.2, -0.15) is 5.26 Å². The molecule has 1 aromatic carbocycles. The first kappa shape index (κ1) is 22.8. The molecule has 0 amide bonds. The van der Waals surface area contributed by atoms with Gasteiger partial charge in [0.05, 0.1) is 18.1 Å². The number of benzene rings is 1.